The highest BCUT2D eigenvalue weighted by atomic mass is 35.5. The van der Waals surface area contributed by atoms with Crippen LogP contribution in [0.25, 0.3) is 0 Å². The van der Waals surface area contributed by atoms with Crippen molar-refractivity contribution in [3.05, 3.63) is 130 Å². The number of hydrogen-bond donors (Lipinski definition) is 3. The van der Waals surface area contributed by atoms with Gasteiger partial charge in [0, 0.05) is 55.5 Å². The van der Waals surface area contributed by atoms with Crippen LogP contribution in [0.3, 0.4) is 0 Å². The van der Waals surface area contributed by atoms with Crippen molar-refractivity contribution in [3.63, 3.8) is 0 Å². The minimum absolute atomic E-state index is 0.121. The quantitative estimate of drug-likeness (QED) is 0.266. The summed E-state index contributed by atoms with van der Waals surface area (Å²) in [5, 5.41) is 9.99. The lowest BCUT2D eigenvalue weighted by molar-refractivity contribution is -0.137. The molecule has 230 valence electrons. The van der Waals surface area contributed by atoms with Gasteiger partial charge in [0.2, 0.25) is 11.8 Å². The molecule has 0 bridgehead atoms. The molecule has 9 heteroatoms. The Morgan fingerprint density at radius 3 is 2.22 bits per heavy atom. The van der Waals surface area contributed by atoms with Crippen LogP contribution in [0.15, 0.2) is 103 Å². The highest BCUT2D eigenvalue weighted by Crippen LogP contribution is 2.24. The second-order valence-electron chi connectivity index (χ2n) is 11.4. The first-order chi connectivity index (χ1) is 21.9. The van der Waals surface area contributed by atoms with Gasteiger partial charge in [-0.25, -0.2) is 0 Å². The Hall–Kier alpha value is -4.66. The highest BCUT2D eigenvalue weighted by Gasteiger charge is 2.32. The van der Waals surface area contributed by atoms with Gasteiger partial charge >= 0.3 is 0 Å². The molecule has 0 aliphatic carbocycles. The van der Waals surface area contributed by atoms with Crippen LogP contribution in [-0.2, 0) is 29.0 Å². The zero-order valence-electron chi connectivity index (χ0n) is 24.9. The summed E-state index contributed by atoms with van der Waals surface area (Å²) in [5.41, 5.74) is 5.38. The Balaban J connectivity index is 1.13. The number of piperazine rings is 1. The first kappa shape index (κ1) is 30.4. The largest absolute Gasteiger partial charge is 0.367 e. The normalized spacial score (nSPS) is 16.8. The van der Waals surface area contributed by atoms with E-state index >= 15 is 0 Å². The zero-order chi connectivity index (χ0) is 31.2. The van der Waals surface area contributed by atoms with Crippen LogP contribution >= 0.6 is 11.6 Å². The molecule has 2 atom stereocenters. The lowest BCUT2D eigenvalue weighted by Gasteiger charge is -2.38. The Morgan fingerprint density at radius 2 is 1.47 bits per heavy atom. The molecule has 6 rings (SSSR count). The second kappa shape index (κ2) is 14.0. The first-order valence-corrected chi connectivity index (χ1v) is 15.7. The van der Waals surface area contributed by atoms with Gasteiger partial charge in [0.25, 0.3) is 5.91 Å². The Morgan fingerprint density at radius 1 is 0.800 bits per heavy atom. The molecule has 2 aliphatic heterocycles. The van der Waals surface area contributed by atoms with Gasteiger partial charge in [0.1, 0.15) is 6.04 Å². The third-order valence-electron chi connectivity index (χ3n) is 8.48. The lowest BCUT2D eigenvalue weighted by atomic mass is 9.95. The van der Waals surface area contributed by atoms with Crippen LogP contribution < -0.4 is 20.9 Å². The minimum Gasteiger partial charge on any atom is -0.367 e. The van der Waals surface area contributed by atoms with E-state index in [4.69, 9.17) is 11.6 Å². The standard InChI is InChI=1S/C36H36ClN5O3/c37-28-16-14-25(15-17-28)22-32(40-35(44)31-23-26-8-4-5-9-27(26)24-38-31)36(45)42-20-18-41(19-21-42)33-13-7-6-12-30(33)34(43)39-29-10-2-1-3-11-29/h1-17,31-32,38H,18-24H2,(H,39,43)(H,40,44)/t31-,32+/m0/s1. The SMILES string of the molecule is O=C(Nc1ccccc1)c1ccccc1N1CCN(C(=O)[C@@H](Cc2ccc(Cl)cc2)NC(=O)[C@@H]2Cc3ccccc3CN2)CC1. The predicted molar refractivity (Wildman–Crippen MR) is 177 cm³/mol. The second-order valence-corrected chi connectivity index (χ2v) is 11.9. The molecule has 0 spiro atoms. The molecule has 2 aliphatic rings. The predicted octanol–water partition coefficient (Wildman–Crippen LogP) is 4.68. The van der Waals surface area contributed by atoms with E-state index in [-0.39, 0.29) is 17.7 Å². The van der Waals surface area contributed by atoms with Gasteiger partial charge in [0.15, 0.2) is 0 Å². The maximum atomic E-state index is 14.0. The van der Waals surface area contributed by atoms with Crippen molar-refractivity contribution in [1.82, 2.24) is 15.5 Å². The fourth-order valence-corrected chi connectivity index (χ4v) is 6.14. The molecule has 2 heterocycles. The molecular formula is C36H36ClN5O3. The number of amides is 3. The Bertz CT molecular complexity index is 1660. The van der Waals surface area contributed by atoms with E-state index in [0.29, 0.717) is 56.2 Å². The summed E-state index contributed by atoms with van der Waals surface area (Å²) < 4.78 is 0. The number of anilines is 2. The van der Waals surface area contributed by atoms with Crippen molar-refractivity contribution in [1.29, 1.82) is 0 Å². The molecule has 0 radical (unpaired) electrons. The van der Waals surface area contributed by atoms with Crippen LogP contribution in [0.5, 0.6) is 0 Å². The van der Waals surface area contributed by atoms with E-state index in [1.807, 2.05) is 83.8 Å². The molecule has 1 saturated heterocycles. The maximum absolute atomic E-state index is 14.0. The summed E-state index contributed by atoms with van der Waals surface area (Å²) in [6.07, 6.45) is 0.924. The van der Waals surface area contributed by atoms with Crippen LogP contribution in [-0.4, -0.2) is 60.9 Å². The smallest absolute Gasteiger partial charge is 0.257 e. The summed E-state index contributed by atoms with van der Waals surface area (Å²) in [5.74, 6) is -0.488. The van der Waals surface area contributed by atoms with E-state index in [1.54, 1.807) is 12.1 Å². The van der Waals surface area contributed by atoms with Gasteiger partial charge in [-0.05, 0) is 59.5 Å². The molecule has 45 heavy (non-hydrogen) atoms. The minimum atomic E-state index is -0.729. The third kappa shape index (κ3) is 7.36. The Kier molecular flexibility index (Phi) is 9.43. The Labute approximate surface area is 268 Å². The van der Waals surface area contributed by atoms with Crippen LogP contribution in [0.1, 0.15) is 27.0 Å². The van der Waals surface area contributed by atoms with Crippen LogP contribution in [0.4, 0.5) is 11.4 Å². The zero-order valence-corrected chi connectivity index (χ0v) is 25.7. The molecule has 3 N–H and O–H groups in total. The number of nitrogens with zero attached hydrogens (tertiary/aromatic N) is 2. The van der Waals surface area contributed by atoms with E-state index in [0.717, 1.165) is 22.5 Å². The topological polar surface area (TPSA) is 93.8 Å². The number of carbonyl (C=O) groups excluding carboxylic acids is 3. The number of halogens is 1. The van der Waals surface area contributed by atoms with Gasteiger partial charge in [-0.2, -0.15) is 0 Å². The summed E-state index contributed by atoms with van der Waals surface area (Å²) >= 11 is 6.11. The summed E-state index contributed by atoms with van der Waals surface area (Å²) in [4.78, 5) is 44.6. The van der Waals surface area contributed by atoms with E-state index in [2.05, 4.69) is 33.0 Å². The molecule has 4 aromatic rings. The fraction of sp³-hybridized carbons (Fsp3) is 0.250. The van der Waals surface area contributed by atoms with E-state index < -0.39 is 12.1 Å². The van der Waals surface area contributed by atoms with E-state index in [1.165, 1.54) is 5.56 Å². The average molecular weight is 622 g/mol. The van der Waals surface area contributed by atoms with Crippen molar-refractivity contribution >= 4 is 40.7 Å². The summed E-state index contributed by atoms with van der Waals surface area (Å²) in [7, 11) is 0. The molecule has 1 fully saturated rings. The highest BCUT2D eigenvalue weighted by molar-refractivity contribution is 6.30. The number of benzene rings is 4. The van der Waals surface area contributed by atoms with Crippen LogP contribution in [0.2, 0.25) is 5.02 Å². The van der Waals surface area contributed by atoms with Gasteiger partial charge < -0.3 is 25.8 Å². The monoisotopic (exact) mass is 621 g/mol. The van der Waals surface area contributed by atoms with Crippen molar-refractivity contribution in [2.24, 2.45) is 0 Å². The molecule has 3 amide bonds. The van der Waals surface area contributed by atoms with Gasteiger partial charge in [-0.15, -0.1) is 0 Å². The van der Waals surface area contributed by atoms with Crippen molar-refractivity contribution < 1.29 is 14.4 Å². The molecule has 4 aromatic carbocycles. The lowest BCUT2D eigenvalue weighted by Crippen LogP contribution is -2.58. The summed E-state index contributed by atoms with van der Waals surface area (Å²) in [6, 6.07) is 31.2. The van der Waals surface area contributed by atoms with Crippen LogP contribution in [0, 0.1) is 0 Å². The third-order valence-corrected chi connectivity index (χ3v) is 8.73. The fourth-order valence-electron chi connectivity index (χ4n) is 6.02. The van der Waals surface area contributed by atoms with Crippen molar-refractivity contribution in [2.75, 3.05) is 36.4 Å². The summed E-state index contributed by atoms with van der Waals surface area (Å²) in [6.45, 7) is 2.66. The van der Waals surface area contributed by atoms with Gasteiger partial charge in [-0.1, -0.05) is 78.3 Å². The van der Waals surface area contributed by atoms with Gasteiger partial charge in [-0.3, -0.25) is 14.4 Å². The van der Waals surface area contributed by atoms with E-state index in [9.17, 15) is 14.4 Å². The number of fused-ring (bicyclic) bond motifs is 1. The molecule has 0 aromatic heterocycles. The molecule has 8 nitrogen and oxygen atoms in total. The molecular weight excluding hydrogens is 586 g/mol. The number of rotatable bonds is 8. The molecule has 0 saturated carbocycles. The van der Waals surface area contributed by atoms with Crippen molar-refractivity contribution in [3.8, 4) is 0 Å². The number of carbonyl (C=O) groups is 3. The average Bonchev–Trinajstić information content (AvgIpc) is 3.09. The first-order valence-electron chi connectivity index (χ1n) is 15.3. The number of hydrogen-bond acceptors (Lipinski definition) is 5. The number of para-hydroxylation sites is 2. The van der Waals surface area contributed by atoms with Gasteiger partial charge in [0.05, 0.1) is 11.6 Å². The maximum Gasteiger partial charge on any atom is 0.257 e. The van der Waals surface area contributed by atoms with Crippen molar-refractivity contribution in [2.45, 2.75) is 31.5 Å². The molecule has 0 unspecified atom stereocenters. The number of nitrogens with one attached hydrogen (secondary N) is 3.